The first-order valence-electron chi connectivity index (χ1n) is 5.93. The van der Waals surface area contributed by atoms with Crippen molar-refractivity contribution in [1.29, 1.82) is 0 Å². The van der Waals surface area contributed by atoms with E-state index in [1.54, 1.807) is 11.8 Å². The first-order chi connectivity index (χ1) is 9.15. The summed E-state index contributed by atoms with van der Waals surface area (Å²) < 4.78 is 0. The average molecular weight is 291 g/mol. The van der Waals surface area contributed by atoms with Crippen LogP contribution in [-0.2, 0) is 4.79 Å². The summed E-state index contributed by atoms with van der Waals surface area (Å²) >= 11 is 7.72. The molecule has 1 N–H and O–H groups in total. The number of halogens is 1. The van der Waals surface area contributed by atoms with E-state index in [2.05, 4.69) is 0 Å². The molecule has 0 saturated carbocycles. The molecule has 0 unspecified atom stereocenters. The summed E-state index contributed by atoms with van der Waals surface area (Å²) in [5.41, 5.74) is 2.09. The van der Waals surface area contributed by atoms with Gasteiger partial charge in [-0.1, -0.05) is 41.6 Å². The number of carboxylic acids is 1. The molecule has 3 rings (SSSR count). The van der Waals surface area contributed by atoms with Crippen molar-refractivity contribution < 1.29 is 9.90 Å². The summed E-state index contributed by atoms with van der Waals surface area (Å²) in [6.45, 7) is 0. The van der Waals surface area contributed by atoms with Crippen LogP contribution in [0.2, 0.25) is 5.02 Å². The number of carboxylic acid groups (broad SMARTS) is 1. The highest BCUT2D eigenvalue weighted by Gasteiger charge is 2.27. The van der Waals surface area contributed by atoms with E-state index in [1.807, 2.05) is 42.5 Å². The van der Waals surface area contributed by atoms with Crippen molar-refractivity contribution in [1.82, 2.24) is 0 Å². The van der Waals surface area contributed by atoms with Crippen LogP contribution >= 0.6 is 23.4 Å². The summed E-state index contributed by atoms with van der Waals surface area (Å²) in [5.74, 6) is -0.915. The Morgan fingerprint density at radius 1 is 1.16 bits per heavy atom. The average Bonchev–Trinajstić information content (AvgIpc) is 2.39. The minimum atomic E-state index is -0.794. The van der Waals surface area contributed by atoms with Crippen molar-refractivity contribution in [3.8, 4) is 0 Å². The van der Waals surface area contributed by atoms with Crippen molar-refractivity contribution in [2.24, 2.45) is 0 Å². The van der Waals surface area contributed by atoms with Crippen LogP contribution in [0, 0.1) is 0 Å². The van der Waals surface area contributed by atoms with Crippen LogP contribution < -0.4 is 0 Å². The van der Waals surface area contributed by atoms with Crippen LogP contribution in [0.15, 0.2) is 52.3 Å². The Morgan fingerprint density at radius 3 is 2.68 bits per heavy atom. The smallest absolute Gasteiger partial charge is 0.304 e. The Labute approximate surface area is 120 Å². The SMILES string of the molecule is O=C(O)C[C@@H]1c2ccccc2Sc2ccc(Cl)cc21. The summed E-state index contributed by atoms with van der Waals surface area (Å²) in [6.07, 6.45) is 0.0882. The monoisotopic (exact) mass is 290 g/mol. The molecule has 2 aromatic rings. The lowest BCUT2D eigenvalue weighted by Gasteiger charge is -2.27. The van der Waals surface area contributed by atoms with E-state index >= 15 is 0 Å². The highest BCUT2D eigenvalue weighted by Crippen LogP contribution is 2.47. The van der Waals surface area contributed by atoms with Gasteiger partial charge in [-0.3, -0.25) is 4.79 Å². The first-order valence-corrected chi connectivity index (χ1v) is 7.12. The van der Waals surface area contributed by atoms with Crippen LogP contribution in [0.1, 0.15) is 23.5 Å². The molecule has 1 aliphatic heterocycles. The largest absolute Gasteiger partial charge is 0.481 e. The van der Waals surface area contributed by atoms with Crippen LogP contribution in [0.5, 0.6) is 0 Å². The second-order valence-corrected chi connectivity index (χ2v) is 5.99. The minimum Gasteiger partial charge on any atom is -0.481 e. The second-order valence-electron chi connectivity index (χ2n) is 4.47. The number of fused-ring (bicyclic) bond motifs is 2. The Balaban J connectivity index is 2.16. The first kappa shape index (κ1) is 12.6. The van der Waals surface area contributed by atoms with Crippen LogP contribution in [0.25, 0.3) is 0 Å². The van der Waals surface area contributed by atoms with Gasteiger partial charge in [0, 0.05) is 20.7 Å². The van der Waals surface area contributed by atoms with Gasteiger partial charge in [0.15, 0.2) is 0 Å². The Hall–Kier alpha value is -1.45. The maximum Gasteiger partial charge on any atom is 0.304 e. The highest BCUT2D eigenvalue weighted by atomic mass is 35.5. The van der Waals surface area contributed by atoms with Crippen LogP contribution in [0.4, 0.5) is 0 Å². The lowest BCUT2D eigenvalue weighted by molar-refractivity contribution is -0.137. The zero-order valence-electron chi connectivity index (χ0n) is 9.97. The molecule has 0 aromatic heterocycles. The van der Waals surface area contributed by atoms with Crippen molar-refractivity contribution >= 4 is 29.3 Å². The summed E-state index contributed by atoms with van der Waals surface area (Å²) in [7, 11) is 0. The summed E-state index contributed by atoms with van der Waals surface area (Å²) in [5, 5.41) is 9.79. The van der Waals surface area contributed by atoms with Crippen molar-refractivity contribution in [2.45, 2.75) is 22.1 Å². The van der Waals surface area contributed by atoms with Crippen LogP contribution in [-0.4, -0.2) is 11.1 Å². The van der Waals surface area contributed by atoms with Gasteiger partial charge >= 0.3 is 5.97 Å². The van der Waals surface area contributed by atoms with Gasteiger partial charge in [0.25, 0.3) is 0 Å². The predicted molar refractivity (Wildman–Crippen MR) is 76.1 cm³/mol. The van der Waals surface area contributed by atoms with Gasteiger partial charge in [-0.25, -0.2) is 0 Å². The molecule has 1 aliphatic rings. The fourth-order valence-electron chi connectivity index (χ4n) is 2.43. The molecule has 1 heterocycles. The molecular weight excluding hydrogens is 280 g/mol. The lowest BCUT2D eigenvalue weighted by atomic mass is 9.88. The number of hydrogen-bond acceptors (Lipinski definition) is 2. The van der Waals surface area contributed by atoms with Gasteiger partial charge in [-0.05, 0) is 35.4 Å². The van der Waals surface area contributed by atoms with Crippen molar-refractivity contribution in [3.05, 3.63) is 58.6 Å². The molecule has 1 atom stereocenters. The molecule has 0 saturated heterocycles. The number of rotatable bonds is 2. The van der Waals surface area contributed by atoms with Gasteiger partial charge in [-0.2, -0.15) is 0 Å². The number of benzene rings is 2. The molecule has 0 fully saturated rings. The highest BCUT2D eigenvalue weighted by molar-refractivity contribution is 7.99. The quantitative estimate of drug-likeness (QED) is 0.890. The molecule has 0 amide bonds. The third-order valence-electron chi connectivity index (χ3n) is 3.24. The Morgan fingerprint density at radius 2 is 1.89 bits per heavy atom. The van der Waals surface area contributed by atoms with Gasteiger partial charge in [-0.15, -0.1) is 0 Å². The third kappa shape index (κ3) is 2.36. The molecule has 96 valence electrons. The maximum absolute atomic E-state index is 11.1. The molecule has 0 spiro atoms. The van der Waals surface area contributed by atoms with Gasteiger partial charge in [0.1, 0.15) is 0 Å². The van der Waals surface area contributed by atoms with E-state index in [1.165, 1.54) is 0 Å². The zero-order chi connectivity index (χ0) is 13.4. The minimum absolute atomic E-state index is 0.0882. The van der Waals surface area contributed by atoms with E-state index in [0.29, 0.717) is 5.02 Å². The van der Waals surface area contributed by atoms with Crippen molar-refractivity contribution in [2.75, 3.05) is 0 Å². The molecule has 0 bridgehead atoms. The second kappa shape index (κ2) is 4.91. The van der Waals surface area contributed by atoms with E-state index in [-0.39, 0.29) is 12.3 Å². The normalized spacial score (nSPS) is 16.6. The van der Waals surface area contributed by atoms with Crippen LogP contribution in [0.3, 0.4) is 0 Å². The fraction of sp³-hybridized carbons (Fsp3) is 0.133. The fourth-order valence-corrected chi connectivity index (χ4v) is 3.77. The molecular formula is C15H11ClO2S. The maximum atomic E-state index is 11.1. The standard InChI is InChI=1S/C15H11ClO2S/c16-9-5-6-14-12(7-9)11(8-15(17)18)10-3-1-2-4-13(10)19-14/h1-7,11H,8H2,(H,17,18)/t11-/m1/s1. The predicted octanol–water partition coefficient (Wildman–Crippen LogP) is 4.41. The molecule has 2 nitrogen and oxygen atoms in total. The van der Waals surface area contributed by atoms with E-state index in [9.17, 15) is 4.79 Å². The molecule has 0 aliphatic carbocycles. The van der Waals surface area contributed by atoms with Gasteiger partial charge in [0.05, 0.1) is 6.42 Å². The Bertz CT molecular complexity index is 654. The van der Waals surface area contributed by atoms with Gasteiger partial charge < -0.3 is 5.11 Å². The molecule has 0 radical (unpaired) electrons. The molecule has 2 aromatic carbocycles. The van der Waals surface area contributed by atoms with E-state index < -0.39 is 5.97 Å². The lowest BCUT2D eigenvalue weighted by Crippen LogP contribution is -2.12. The summed E-state index contributed by atoms with van der Waals surface area (Å²) in [4.78, 5) is 13.4. The van der Waals surface area contributed by atoms with Crippen molar-refractivity contribution in [3.63, 3.8) is 0 Å². The van der Waals surface area contributed by atoms with Gasteiger partial charge in [0.2, 0.25) is 0 Å². The molecule has 19 heavy (non-hydrogen) atoms. The number of hydrogen-bond donors (Lipinski definition) is 1. The Kier molecular flexibility index (Phi) is 3.25. The topological polar surface area (TPSA) is 37.3 Å². The van der Waals surface area contributed by atoms with E-state index in [0.717, 1.165) is 20.9 Å². The number of aliphatic carboxylic acids is 1. The molecule has 4 heteroatoms. The van der Waals surface area contributed by atoms with E-state index in [4.69, 9.17) is 16.7 Å². The number of carbonyl (C=O) groups is 1. The third-order valence-corrected chi connectivity index (χ3v) is 4.66. The summed E-state index contributed by atoms with van der Waals surface area (Å²) in [6, 6.07) is 13.7. The zero-order valence-corrected chi connectivity index (χ0v) is 11.5.